The number of benzene rings is 2. The summed E-state index contributed by atoms with van der Waals surface area (Å²) >= 11 is 0. The van der Waals surface area contributed by atoms with Crippen LogP contribution in [0.3, 0.4) is 0 Å². The van der Waals surface area contributed by atoms with Crippen molar-refractivity contribution < 1.29 is 9.21 Å². The Kier molecular flexibility index (Phi) is 4.77. The molecule has 0 bridgehead atoms. The molecule has 1 aliphatic heterocycles. The zero-order valence-corrected chi connectivity index (χ0v) is 16.4. The van der Waals surface area contributed by atoms with Crippen LogP contribution in [0.15, 0.2) is 57.7 Å². The quantitative estimate of drug-likeness (QED) is 0.683. The van der Waals surface area contributed by atoms with Gasteiger partial charge in [-0.2, -0.15) is 0 Å². The second-order valence-electron chi connectivity index (χ2n) is 7.64. The number of amides is 1. The standard InChI is InChI=1S/C23H24N2O3/c1-15-10-11-18-17(14-15)21(26)19-20(16-8-5-4-6-9-16)25(13-7-12-24(2)3)23(27)22(19)28-18/h4-6,8-11,14,20H,7,12-13H2,1-3H3. The summed E-state index contributed by atoms with van der Waals surface area (Å²) in [6, 6.07) is 14.8. The highest BCUT2D eigenvalue weighted by Gasteiger charge is 2.42. The highest BCUT2D eigenvalue weighted by Crippen LogP contribution is 2.38. The summed E-state index contributed by atoms with van der Waals surface area (Å²) in [5.74, 6) is -0.0257. The number of nitrogens with zero attached hydrogens (tertiary/aromatic N) is 2. The van der Waals surface area contributed by atoms with E-state index in [2.05, 4.69) is 4.90 Å². The molecule has 0 spiro atoms. The van der Waals surface area contributed by atoms with Gasteiger partial charge in [-0.15, -0.1) is 0 Å². The van der Waals surface area contributed by atoms with Crippen LogP contribution < -0.4 is 5.43 Å². The fraction of sp³-hybridized carbons (Fsp3) is 0.304. The highest BCUT2D eigenvalue weighted by molar-refractivity contribution is 5.99. The van der Waals surface area contributed by atoms with Crippen LogP contribution in [-0.4, -0.2) is 42.9 Å². The monoisotopic (exact) mass is 376 g/mol. The number of rotatable bonds is 5. The molecule has 4 rings (SSSR count). The van der Waals surface area contributed by atoms with E-state index in [9.17, 15) is 9.59 Å². The number of carbonyl (C=O) groups excluding carboxylic acids is 1. The first-order chi connectivity index (χ1) is 13.5. The second-order valence-corrected chi connectivity index (χ2v) is 7.64. The molecule has 3 aromatic rings. The summed E-state index contributed by atoms with van der Waals surface area (Å²) in [7, 11) is 4.02. The average molecular weight is 376 g/mol. The highest BCUT2D eigenvalue weighted by atomic mass is 16.3. The zero-order valence-electron chi connectivity index (χ0n) is 16.4. The normalized spacial score (nSPS) is 16.2. The van der Waals surface area contributed by atoms with E-state index in [0.29, 0.717) is 23.1 Å². The van der Waals surface area contributed by atoms with E-state index in [1.54, 1.807) is 11.0 Å². The Bertz CT molecular complexity index is 1090. The van der Waals surface area contributed by atoms with Gasteiger partial charge in [0.25, 0.3) is 5.91 Å². The minimum Gasteiger partial charge on any atom is -0.450 e. The van der Waals surface area contributed by atoms with Gasteiger partial charge in [-0.05, 0) is 51.7 Å². The third kappa shape index (κ3) is 3.12. The van der Waals surface area contributed by atoms with Crippen molar-refractivity contribution in [2.45, 2.75) is 19.4 Å². The summed E-state index contributed by atoms with van der Waals surface area (Å²) in [6.45, 7) is 3.37. The lowest BCUT2D eigenvalue weighted by atomic mass is 9.98. The van der Waals surface area contributed by atoms with Gasteiger partial charge in [-0.3, -0.25) is 9.59 Å². The smallest absolute Gasteiger partial charge is 0.290 e. The number of fused-ring (bicyclic) bond motifs is 2. The lowest BCUT2D eigenvalue weighted by molar-refractivity contribution is 0.0722. The fourth-order valence-corrected chi connectivity index (χ4v) is 3.90. The molecule has 1 atom stereocenters. The van der Waals surface area contributed by atoms with Crippen LogP contribution in [0.25, 0.3) is 11.0 Å². The Morgan fingerprint density at radius 2 is 1.82 bits per heavy atom. The maximum Gasteiger partial charge on any atom is 0.290 e. The summed E-state index contributed by atoms with van der Waals surface area (Å²) in [4.78, 5) is 30.4. The lowest BCUT2D eigenvalue weighted by Crippen LogP contribution is -2.32. The molecule has 144 valence electrons. The second kappa shape index (κ2) is 7.24. The van der Waals surface area contributed by atoms with Crippen LogP contribution >= 0.6 is 0 Å². The van der Waals surface area contributed by atoms with Crippen LogP contribution in [0.5, 0.6) is 0 Å². The SMILES string of the molecule is Cc1ccc2oc3c(c(=O)c2c1)C(c1ccccc1)N(CCCN(C)C)C3=O. The van der Waals surface area contributed by atoms with Gasteiger partial charge < -0.3 is 14.2 Å². The third-order valence-corrected chi connectivity index (χ3v) is 5.24. The van der Waals surface area contributed by atoms with E-state index >= 15 is 0 Å². The average Bonchev–Trinajstić information content (AvgIpc) is 2.95. The largest absolute Gasteiger partial charge is 0.450 e. The fourth-order valence-electron chi connectivity index (χ4n) is 3.90. The van der Waals surface area contributed by atoms with Gasteiger partial charge in [-0.1, -0.05) is 42.0 Å². The molecular weight excluding hydrogens is 352 g/mol. The van der Waals surface area contributed by atoms with Crippen LogP contribution in [-0.2, 0) is 0 Å². The van der Waals surface area contributed by atoms with Crippen molar-refractivity contribution in [2.24, 2.45) is 0 Å². The lowest BCUT2D eigenvalue weighted by Gasteiger charge is -2.25. The van der Waals surface area contributed by atoms with Gasteiger partial charge >= 0.3 is 0 Å². The first-order valence-electron chi connectivity index (χ1n) is 9.55. The summed E-state index contributed by atoms with van der Waals surface area (Å²) in [5.41, 5.74) is 2.72. The van der Waals surface area contributed by atoms with Crippen LogP contribution in [0.4, 0.5) is 0 Å². The molecule has 5 nitrogen and oxygen atoms in total. The molecule has 0 aliphatic carbocycles. The van der Waals surface area contributed by atoms with Gasteiger partial charge in [-0.25, -0.2) is 0 Å². The molecule has 0 fully saturated rings. The van der Waals surface area contributed by atoms with Crippen LogP contribution in [0.2, 0.25) is 0 Å². The summed E-state index contributed by atoms with van der Waals surface area (Å²) in [6.07, 6.45) is 0.822. The molecular formula is C23H24N2O3. The van der Waals surface area contributed by atoms with E-state index in [4.69, 9.17) is 4.42 Å². The topological polar surface area (TPSA) is 53.8 Å². The van der Waals surface area contributed by atoms with E-state index in [-0.39, 0.29) is 17.1 Å². The molecule has 0 saturated carbocycles. The maximum atomic E-state index is 13.4. The Morgan fingerprint density at radius 1 is 1.07 bits per heavy atom. The number of aryl methyl sites for hydroxylation is 1. The minimum atomic E-state index is -0.410. The van der Waals surface area contributed by atoms with E-state index in [0.717, 1.165) is 24.1 Å². The Balaban J connectivity index is 1.88. The molecule has 28 heavy (non-hydrogen) atoms. The number of hydrogen-bond donors (Lipinski definition) is 0. The third-order valence-electron chi connectivity index (χ3n) is 5.24. The van der Waals surface area contributed by atoms with Crippen LogP contribution in [0.1, 0.15) is 39.7 Å². The molecule has 0 saturated heterocycles. The molecule has 0 radical (unpaired) electrons. The van der Waals surface area contributed by atoms with Gasteiger partial charge in [0.2, 0.25) is 5.76 Å². The van der Waals surface area contributed by atoms with E-state index in [1.807, 2.05) is 63.5 Å². The van der Waals surface area contributed by atoms with Crippen molar-refractivity contribution in [3.63, 3.8) is 0 Å². The first kappa shape index (κ1) is 18.4. The maximum absolute atomic E-state index is 13.4. The first-order valence-corrected chi connectivity index (χ1v) is 9.55. The molecule has 1 aromatic heterocycles. The van der Waals surface area contributed by atoms with E-state index < -0.39 is 6.04 Å². The van der Waals surface area contributed by atoms with Crippen molar-refractivity contribution in [1.82, 2.24) is 9.80 Å². The predicted molar refractivity (Wildman–Crippen MR) is 110 cm³/mol. The van der Waals surface area contributed by atoms with Crippen molar-refractivity contribution in [2.75, 3.05) is 27.2 Å². The van der Waals surface area contributed by atoms with Gasteiger partial charge in [0.05, 0.1) is 17.0 Å². The molecule has 1 unspecified atom stereocenters. The summed E-state index contributed by atoms with van der Waals surface area (Å²) < 4.78 is 5.96. The van der Waals surface area contributed by atoms with Gasteiger partial charge in [0.1, 0.15) is 5.58 Å². The zero-order chi connectivity index (χ0) is 19.8. The Hall–Kier alpha value is -2.92. The Labute approximate surface area is 164 Å². The van der Waals surface area contributed by atoms with E-state index in [1.165, 1.54) is 0 Å². The van der Waals surface area contributed by atoms with Gasteiger partial charge in [0, 0.05) is 6.54 Å². The van der Waals surface area contributed by atoms with Crippen molar-refractivity contribution in [3.05, 3.63) is 81.2 Å². The Morgan fingerprint density at radius 3 is 2.54 bits per heavy atom. The van der Waals surface area contributed by atoms with Gasteiger partial charge in [0.15, 0.2) is 5.43 Å². The number of carbonyl (C=O) groups is 1. The summed E-state index contributed by atoms with van der Waals surface area (Å²) in [5, 5.41) is 0.530. The van der Waals surface area contributed by atoms with Crippen LogP contribution in [0, 0.1) is 6.92 Å². The van der Waals surface area contributed by atoms with Crippen molar-refractivity contribution >= 4 is 16.9 Å². The van der Waals surface area contributed by atoms with Crippen molar-refractivity contribution in [1.29, 1.82) is 0 Å². The molecule has 5 heteroatoms. The molecule has 1 amide bonds. The molecule has 0 N–H and O–H groups in total. The minimum absolute atomic E-state index is 0.114. The molecule has 1 aliphatic rings. The molecule has 2 aromatic carbocycles. The molecule has 2 heterocycles. The van der Waals surface area contributed by atoms with Crippen molar-refractivity contribution in [3.8, 4) is 0 Å². The number of hydrogen-bond acceptors (Lipinski definition) is 4. The predicted octanol–water partition coefficient (Wildman–Crippen LogP) is 3.60.